The molecular weight excluding hydrogens is 520 g/mol. The first-order chi connectivity index (χ1) is 17.2. The first kappa shape index (κ1) is 26.4. The zero-order chi connectivity index (χ0) is 25.9. The normalized spacial score (nSPS) is 18.9. The van der Waals surface area contributed by atoms with Crippen molar-refractivity contribution in [3.8, 4) is 0 Å². The van der Waals surface area contributed by atoms with Crippen LogP contribution in [0.2, 0.25) is 0 Å². The number of carbonyl (C=O) groups is 3. The van der Waals surface area contributed by atoms with Crippen LogP contribution in [-0.4, -0.2) is 60.5 Å². The second-order valence-electron chi connectivity index (χ2n) is 8.77. The summed E-state index contributed by atoms with van der Waals surface area (Å²) in [6.07, 6.45) is 2.74. The van der Waals surface area contributed by atoms with Gasteiger partial charge < -0.3 is 10.6 Å². The van der Waals surface area contributed by atoms with Crippen molar-refractivity contribution in [2.75, 3.05) is 13.1 Å². The average Bonchev–Trinajstić information content (AvgIpc) is 3.43. The van der Waals surface area contributed by atoms with Crippen LogP contribution in [0.15, 0.2) is 46.9 Å². The predicted molar refractivity (Wildman–Crippen MR) is 140 cm³/mol. The molecular formula is C24H28N4O5S3. The molecule has 0 saturated carbocycles. The van der Waals surface area contributed by atoms with Gasteiger partial charge in [-0.1, -0.05) is 26.3 Å². The van der Waals surface area contributed by atoms with E-state index in [-0.39, 0.29) is 29.9 Å². The molecule has 3 aromatic rings. The Morgan fingerprint density at radius 3 is 2.75 bits per heavy atom. The van der Waals surface area contributed by atoms with Crippen molar-refractivity contribution < 1.29 is 22.8 Å². The summed E-state index contributed by atoms with van der Waals surface area (Å²) in [6, 6.07) is 6.69. The van der Waals surface area contributed by atoms with Crippen LogP contribution in [0.1, 0.15) is 42.8 Å². The summed E-state index contributed by atoms with van der Waals surface area (Å²) in [5, 5.41) is 7.47. The van der Waals surface area contributed by atoms with Gasteiger partial charge in [-0.15, -0.1) is 22.7 Å². The van der Waals surface area contributed by atoms with Crippen LogP contribution in [-0.2, 0) is 19.6 Å². The van der Waals surface area contributed by atoms with E-state index in [2.05, 4.69) is 15.6 Å². The maximum Gasteiger partial charge on any atom is 0.262 e. The number of amides is 2. The highest BCUT2D eigenvalue weighted by molar-refractivity contribution is 7.89. The van der Waals surface area contributed by atoms with Gasteiger partial charge in [0, 0.05) is 22.1 Å². The van der Waals surface area contributed by atoms with Gasteiger partial charge in [0.05, 0.1) is 17.5 Å². The Balaban J connectivity index is 1.44. The summed E-state index contributed by atoms with van der Waals surface area (Å²) < 4.78 is 29.0. The number of thiophene rings is 2. The van der Waals surface area contributed by atoms with Crippen molar-refractivity contribution >= 4 is 59.7 Å². The molecule has 12 heteroatoms. The monoisotopic (exact) mass is 548 g/mol. The highest BCUT2D eigenvalue weighted by Gasteiger charge is 2.35. The van der Waals surface area contributed by atoms with Crippen LogP contribution >= 0.6 is 22.7 Å². The Morgan fingerprint density at radius 2 is 2.06 bits per heavy atom. The largest absolute Gasteiger partial charge is 0.344 e. The minimum Gasteiger partial charge on any atom is -0.344 e. The molecule has 1 unspecified atom stereocenters. The smallest absolute Gasteiger partial charge is 0.262 e. The minimum atomic E-state index is -3.92. The zero-order valence-electron chi connectivity index (χ0n) is 20.0. The Bertz CT molecular complexity index is 1320. The third-order valence-corrected chi connectivity index (χ3v) is 10.2. The fraction of sp³-hybridized carbons (Fsp3) is 0.417. The van der Waals surface area contributed by atoms with Gasteiger partial charge >= 0.3 is 0 Å². The molecule has 1 fully saturated rings. The predicted octanol–water partition coefficient (Wildman–Crippen LogP) is 3.04. The number of nitrogens with zero attached hydrogens (tertiary/aromatic N) is 2. The Morgan fingerprint density at radius 1 is 1.25 bits per heavy atom. The summed E-state index contributed by atoms with van der Waals surface area (Å²) in [5.41, 5.74) is 0. The van der Waals surface area contributed by atoms with Gasteiger partial charge in [0.2, 0.25) is 5.91 Å². The summed E-state index contributed by atoms with van der Waals surface area (Å²) in [7, 11) is -3.92. The number of Topliss-reactive ketones (excluding diaryl/α,β-unsaturated/α-hetero) is 1. The maximum atomic E-state index is 13.2. The lowest BCUT2D eigenvalue weighted by atomic mass is 9.97. The molecule has 1 aliphatic rings. The summed E-state index contributed by atoms with van der Waals surface area (Å²) in [6.45, 7) is 3.59. The summed E-state index contributed by atoms with van der Waals surface area (Å²) in [4.78, 5) is 43.6. The third kappa shape index (κ3) is 5.66. The number of aromatic nitrogens is 1. The van der Waals surface area contributed by atoms with E-state index in [1.54, 1.807) is 23.5 Å². The SMILES string of the molecule is CC[C@@H](C)[C@H](NC(=O)c1cc2sccc2s1)C(=O)NC1CCCN(S(=O)(=O)c2ccccn2)CC1=O. The number of pyridine rings is 1. The van der Waals surface area contributed by atoms with E-state index in [0.717, 1.165) is 13.7 Å². The van der Waals surface area contributed by atoms with Crippen molar-refractivity contribution in [2.24, 2.45) is 5.92 Å². The van der Waals surface area contributed by atoms with Gasteiger partial charge in [0.1, 0.15) is 6.04 Å². The molecule has 4 rings (SSSR count). The van der Waals surface area contributed by atoms with Gasteiger partial charge in [-0.05, 0) is 48.4 Å². The quantitative estimate of drug-likeness (QED) is 0.446. The average molecular weight is 549 g/mol. The molecule has 4 heterocycles. The fourth-order valence-corrected chi connectivity index (χ4v) is 7.43. The van der Waals surface area contributed by atoms with E-state index >= 15 is 0 Å². The first-order valence-electron chi connectivity index (χ1n) is 11.7. The van der Waals surface area contributed by atoms with Crippen molar-refractivity contribution in [3.63, 3.8) is 0 Å². The molecule has 3 atom stereocenters. The molecule has 36 heavy (non-hydrogen) atoms. The van der Waals surface area contributed by atoms with E-state index in [1.807, 2.05) is 31.4 Å². The number of ketones is 1. The second kappa shape index (κ2) is 11.2. The summed E-state index contributed by atoms with van der Waals surface area (Å²) in [5.74, 6) is -1.34. The van der Waals surface area contributed by atoms with Gasteiger partial charge in [-0.2, -0.15) is 4.31 Å². The van der Waals surface area contributed by atoms with E-state index in [1.165, 1.54) is 23.6 Å². The van der Waals surface area contributed by atoms with E-state index in [0.29, 0.717) is 24.1 Å². The lowest BCUT2D eigenvalue weighted by Gasteiger charge is -2.26. The number of fused-ring (bicyclic) bond motifs is 1. The molecule has 9 nitrogen and oxygen atoms in total. The van der Waals surface area contributed by atoms with Crippen molar-refractivity contribution in [1.82, 2.24) is 19.9 Å². The molecule has 192 valence electrons. The van der Waals surface area contributed by atoms with Crippen LogP contribution in [0.4, 0.5) is 0 Å². The van der Waals surface area contributed by atoms with E-state index in [9.17, 15) is 22.8 Å². The fourth-order valence-electron chi connectivity index (χ4n) is 4.04. The van der Waals surface area contributed by atoms with E-state index in [4.69, 9.17) is 0 Å². The van der Waals surface area contributed by atoms with Gasteiger partial charge in [0.25, 0.3) is 15.9 Å². The highest BCUT2D eigenvalue weighted by Crippen LogP contribution is 2.30. The molecule has 2 N–H and O–H groups in total. The number of carbonyl (C=O) groups excluding carboxylic acids is 3. The molecule has 0 radical (unpaired) electrons. The van der Waals surface area contributed by atoms with Crippen molar-refractivity contribution in [1.29, 1.82) is 0 Å². The molecule has 0 aliphatic carbocycles. The van der Waals surface area contributed by atoms with Crippen LogP contribution in [0.25, 0.3) is 9.40 Å². The third-order valence-electron chi connectivity index (χ3n) is 6.32. The lowest BCUT2D eigenvalue weighted by molar-refractivity contribution is -0.129. The lowest BCUT2D eigenvalue weighted by Crippen LogP contribution is -2.54. The molecule has 2 amide bonds. The van der Waals surface area contributed by atoms with E-state index < -0.39 is 33.8 Å². The van der Waals surface area contributed by atoms with Crippen LogP contribution < -0.4 is 10.6 Å². The summed E-state index contributed by atoms with van der Waals surface area (Å²) >= 11 is 2.92. The maximum absolute atomic E-state index is 13.2. The molecule has 1 aliphatic heterocycles. The van der Waals surface area contributed by atoms with Gasteiger partial charge in [-0.3, -0.25) is 14.4 Å². The Hall–Kier alpha value is -2.67. The Labute approximate surface area is 218 Å². The minimum absolute atomic E-state index is 0.117. The second-order valence-corrected chi connectivity index (χ2v) is 12.7. The Kier molecular flexibility index (Phi) is 8.18. The topological polar surface area (TPSA) is 126 Å². The zero-order valence-corrected chi connectivity index (χ0v) is 22.4. The van der Waals surface area contributed by atoms with Crippen LogP contribution in [0, 0.1) is 5.92 Å². The molecule has 0 bridgehead atoms. The molecule has 3 aromatic heterocycles. The number of hydrogen-bond acceptors (Lipinski definition) is 8. The molecule has 0 aromatic carbocycles. The molecule has 1 saturated heterocycles. The van der Waals surface area contributed by atoms with Crippen molar-refractivity contribution in [2.45, 2.75) is 50.2 Å². The number of sulfonamides is 1. The molecule has 0 spiro atoms. The van der Waals surface area contributed by atoms with Crippen LogP contribution in [0.3, 0.4) is 0 Å². The van der Waals surface area contributed by atoms with Crippen LogP contribution in [0.5, 0.6) is 0 Å². The number of nitrogens with one attached hydrogen (secondary N) is 2. The number of rotatable bonds is 8. The highest BCUT2D eigenvalue weighted by atomic mass is 32.2. The number of hydrogen-bond donors (Lipinski definition) is 2. The first-order valence-corrected chi connectivity index (χ1v) is 14.9. The van der Waals surface area contributed by atoms with Gasteiger partial charge in [0.15, 0.2) is 10.8 Å². The standard InChI is InChI=1S/C24H28N4O5S3/c1-3-15(2)22(27-23(30)20-13-19-18(35-20)9-12-34-19)24(31)26-16-7-6-11-28(14-17(16)29)36(32,33)21-8-4-5-10-25-21/h4-5,8-10,12-13,15-16,22H,3,6-7,11,14H2,1-2H3,(H,26,31)(H,27,30)/t15-,16?,22+/m1/s1. The van der Waals surface area contributed by atoms with Gasteiger partial charge in [-0.25, -0.2) is 13.4 Å². The van der Waals surface area contributed by atoms with Crippen molar-refractivity contribution in [3.05, 3.63) is 46.8 Å².